The number of halogens is 3. The van der Waals surface area contributed by atoms with Crippen LogP contribution in [0, 0.1) is 10.1 Å². The molecule has 2 saturated heterocycles. The molecule has 0 aromatic heterocycles. The van der Waals surface area contributed by atoms with Crippen molar-refractivity contribution in [2.75, 3.05) is 51.1 Å². The van der Waals surface area contributed by atoms with Crippen LogP contribution in [0.2, 0.25) is 0 Å². The molecule has 0 unspecified atom stereocenters. The van der Waals surface area contributed by atoms with Gasteiger partial charge in [0.25, 0.3) is 5.69 Å². The number of nitro groups is 1. The van der Waals surface area contributed by atoms with E-state index in [1.165, 1.54) is 6.07 Å². The molecule has 3 rings (SSSR count). The van der Waals surface area contributed by atoms with E-state index < -0.39 is 22.4 Å². The number of anilines is 1. The first kappa shape index (κ1) is 21.3. The molecule has 2 fully saturated rings. The fraction of sp³-hybridized carbons (Fsp3) is 0.611. The molecular formula is C18H24F3N5O3. The molecule has 2 aliphatic rings. The van der Waals surface area contributed by atoms with E-state index in [4.69, 9.17) is 0 Å². The van der Waals surface area contributed by atoms with Crippen LogP contribution in [0.25, 0.3) is 0 Å². The third kappa shape index (κ3) is 5.57. The Bertz CT molecular complexity index is 753. The fourth-order valence-corrected chi connectivity index (χ4v) is 3.70. The van der Waals surface area contributed by atoms with Crippen LogP contribution in [0.3, 0.4) is 0 Å². The van der Waals surface area contributed by atoms with E-state index in [1.54, 1.807) is 4.90 Å². The van der Waals surface area contributed by atoms with Crippen LogP contribution >= 0.6 is 0 Å². The maximum absolute atomic E-state index is 13.1. The quantitative estimate of drug-likeness (QED) is 0.545. The number of hydrogen-bond acceptors (Lipinski definition) is 6. The number of benzene rings is 1. The van der Waals surface area contributed by atoms with Crippen LogP contribution in [0.1, 0.15) is 18.4 Å². The Balaban J connectivity index is 1.55. The van der Waals surface area contributed by atoms with Crippen molar-refractivity contribution in [2.24, 2.45) is 0 Å². The summed E-state index contributed by atoms with van der Waals surface area (Å²) < 4.78 is 39.3. The second-order valence-electron chi connectivity index (χ2n) is 7.30. The molecule has 2 N–H and O–H groups in total. The zero-order valence-corrected chi connectivity index (χ0v) is 15.9. The van der Waals surface area contributed by atoms with Gasteiger partial charge in [0.2, 0.25) is 5.91 Å². The van der Waals surface area contributed by atoms with Crippen molar-refractivity contribution in [3.05, 3.63) is 33.9 Å². The zero-order chi connectivity index (χ0) is 21.0. The van der Waals surface area contributed by atoms with Gasteiger partial charge in [0.15, 0.2) is 0 Å². The Morgan fingerprint density at radius 2 is 2.00 bits per heavy atom. The van der Waals surface area contributed by atoms with Gasteiger partial charge in [0.05, 0.1) is 4.92 Å². The van der Waals surface area contributed by atoms with Crippen LogP contribution in [-0.4, -0.2) is 72.5 Å². The zero-order valence-electron chi connectivity index (χ0n) is 15.9. The maximum atomic E-state index is 13.1. The van der Waals surface area contributed by atoms with Gasteiger partial charge in [-0.2, -0.15) is 13.2 Å². The van der Waals surface area contributed by atoms with Gasteiger partial charge in [-0.15, -0.1) is 0 Å². The molecule has 11 heteroatoms. The number of nitro benzene ring substituents is 1. The Morgan fingerprint density at radius 1 is 1.28 bits per heavy atom. The van der Waals surface area contributed by atoms with E-state index in [9.17, 15) is 28.1 Å². The molecule has 0 spiro atoms. The number of hydrogen-bond donors (Lipinski definition) is 2. The summed E-state index contributed by atoms with van der Waals surface area (Å²) in [6.07, 6.45) is -3.79. The predicted molar refractivity (Wildman–Crippen MR) is 101 cm³/mol. The summed E-state index contributed by atoms with van der Waals surface area (Å²) in [7, 11) is 0. The number of carbonyl (C=O) groups is 1. The van der Waals surface area contributed by atoms with Crippen molar-refractivity contribution in [3.63, 3.8) is 0 Å². The van der Waals surface area contributed by atoms with Gasteiger partial charge in [-0.25, -0.2) is 0 Å². The van der Waals surface area contributed by atoms with Crippen molar-refractivity contribution in [1.82, 2.24) is 15.1 Å². The molecule has 0 radical (unpaired) electrons. The summed E-state index contributed by atoms with van der Waals surface area (Å²) in [4.78, 5) is 26.2. The highest BCUT2D eigenvalue weighted by atomic mass is 19.4. The van der Waals surface area contributed by atoms with E-state index in [1.807, 2.05) is 0 Å². The Kier molecular flexibility index (Phi) is 6.58. The van der Waals surface area contributed by atoms with E-state index in [-0.39, 0.29) is 17.6 Å². The van der Waals surface area contributed by atoms with E-state index in [2.05, 4.69) is 15.5 Å². The van der Waals surface area contributed by atoms with Gasteiger partial charge in [0, 0.05) is 70.0 Å². The molecule has 29 heavy (non-hydrogen) atoms. The SMILES string of the molecule is O=C(CCN1CCNCC1)N1CC[C@@H](Nc2ccc([N+](=O)[O-])c(C(F)(F)F)c2)C1. The highest BCUT2D eigenvalue weighted by molar-refractivity contribution is 5.76. The molecule has 160 valence electrons. The first-order chi connectivity index (χ1) is 13.7. The lowest BCUT2D eigenvalue weighted by atomic mass is 10.1. The van der Waals surface area contributed by atoms with Gasteiger partial charge in [-0.3, -0.25) is 14.9 Å². The minimum atomic E-state index is -4.82. The summed E-state index contributed by atoms with van der Waals surface area (Å²) in [5, 5.41) is 17.1. The van der Waals surface area contributed by atoms with Crippen molar-refractivity contribution < 1.29 is 22.9 Å². The molecule has 2 heterocycles. The Hall–Kier alpha value is -2.40. The van der Waals surface area contributed by atoms with Crippen LogP contribution in [0.5, 0.6) is 0 Å². The van der Waals surface area contributed by atoms with Gasteiger partial charge < -0.3 is 20.4 Å². The number of amides is 1. The molecule has 1 atom stereocenters. The molecular weight excluding hydrogens is 391 g/mol. The largest absolute Gasteiger partial charge is 0.423 e. The Morgan fingerprint density at radius 3 is 2.66 bits per heavy atom. The number of nitrogens with one attached hydrogen (secondary N) is 2. The molecule has 1 aromatic rings. The van der Waals surface area contributed by atoms with Crippen molar-refractivity contribution >= 4 is 17.3 Å². The highest BCUT2D eigenvalue weighted by Crippen LogP contribution is 2.37. The molecule has 1 aromatic carbocycles. The van der Waals surface area contributed by atoms with E-state index in [0.29, 0.717) is 32.5 Å². The number of nitrogens with zero attached hydrogens (tertiary/aromatic N) is 3. The van der Waals surface area contributed by atoms with Crippen molar-refractivity contribution in [2.45, 2.75) is 25.1 Å². The molecule has 2 aliphatic heterocycles. The van der Waals surface area contributed by atoms with E-state index in [0.717, 1.165) is 38.3 Å². The normalized spacial score (nSPS) is 20.7. The number of likely N-dealkylation sites (tertiary alicyclic amines) is 1. The summed E-state index contributed by atoms with van der Waals surface area (Å²) in [6.45, 7) is 5.30. The van der Waals surface area contributed by atoms with Crippen LogP contribution in [-0.2, 0) is 11.0 Å². The summed E-state index contributed by atoms with van der Waals surface area (Å²) in [6, 6.07) is 2.69. The average Bonchev–Trinajstić information content (AvgIpc) is 3.14. The average molecular weight is 415 g/mol. The predicted octanol–water partition coefficient (Wildman–Crippen LogP) is 1.92. The second kappa shape index (κ2) is 8.95. The standard InChI is InChI=1S/C18H24F3N5O3/c19-18(20,21)15-11-13(1-2-16(15)26(28)29)23-14-3-8-25(12-14)17(27)4-7-24-9-5-22-6-10-24/h1-2,11,14,22-23H,3-10,12H2/t14-/m1/s1. The molecule has 0 bridgehead atoms. The first-order valence-corrected chi connectivity index (χ1v) is 9.57. The molecule has 0 aliphatic carbocycles. The smallest absolute Gasteiger partial charge is 0.380 e. The molecule has 0 saturated carbocycles. The summed E-state index contributed by atoms with van der Waals surface area (Å²) >= 11 is 0. The van der Waals surface area contributed by atoms with Crippen LogP contribution in [0.15, 0.2) is 18.2 Å². The Labute approximate surface area is 166 Å². The molecule has 8 nitrogen and oxygen atoms in total. The molecule has 1 amide bonds. The summed E-state index contributed by atoms with van der Waals surface area (Å²) in [5.41, 5.74) is -2.10. The van der Waals surface area contributed by atoms with Gasteiger partial charge in [-0.05, 0) is 18.6 Å². The lowest BCUT2D eigenvalue weighted by Gasteiger charge is -2.27. The second-order valence-corrected chi connectivity index (χ2v) is 7.30. The maximum Gasteiger partial charge on any atom is 0.423 e. The summed E-state index contributed by atoms with van der Waals surface area (Å²) in [5.74, 6) is 0.0347. The van der Waals surface area contributed by atoms with Gasteiger partial charge in [-0.1, -0.05) is 0 Å². The fourth-order valence-electron chi connectivity index (χ4n) is 3.70. The number of alkyl halides is 3. The van der Waals surface area contributed by atoms with Crippen molar-refractivity contribution in [1.29, 1.82) is 0 Å². The van der Waals surface area contributed by atoms with Crippen LogP contribution < -0.4 is 10.6 Å². The number of rotatable bonds is 6. The first-order valence-electron chi connectivity index (χ1n) is 9.57. The lowest BCUT2D eigenvalue weighted by Crippen LogP contribution is -2.44. The number of piperazine rings is 1. The number of carbonyl (C=O) groups excluding carboxylic acids is 1. The highest BCUT2D eigenvalue weighted by Gasteiger charge is 2.38. The minimum Gasteiger partial charge on any atom is -0.380 e. The van der Waals surface area contributed by atoms with Crippen LogP contribution in [0.4, 0.5) is 24.5 Å². The lowest BCUT2D eigenvalue weighted by molar-refractivity contribution is -0.388. The minimum absolute atomic E-state index is 0.0347. The van der Waals surface area contributed by atoms with Crippen molar-refractivity contribution in [3.8, 4) is 0 Å². The van der Waals surface area contributed by atoms with E-state index >= 15 is 0 Å². The van der Waals surface area contributed by atoms with Gasteiger partial charge >= 0.3 is 6.18 Å². The van der Waals surface area contributed by atoms with Gasteiger partial charge in [0.1, 0.15) is 5.56 Å². The monoisotopic (exact) mass is 415 g/mol. The third-order valence-electron chi connectivity index (χ3n) is 5.26. The topological polar surface area (TPSA) is 90.8 Å². The third-order valence-corrected chi connectivity index (χ3v) is 5.26.